The number of allylic oxidation sites excluding steroid dienone is 3. The molecule has 2 unspecified atom stereocenters. The minimum Gasteiger partial charge on any atom is -0.264 e. The fraction of sp³-hybridized carbons (Fsp3) is 0.300. The molecule has 1 aromatic carbocycles. The molecule has 0 bridgehead atoms. The fourth-order valence-electron chi connectivity index (χ4n) is 3.01. The van der Waals surface area contributed by atoms with Crippen LogP contribution >= 0.6 is 15.9 Å². The van der Waals surface area contributed by atoms with Crippen molar-refractivity contribution in [1.29, 1.82) is 0 Å². The molecule has 3 rings (SSSR count). The lowest BCUT2D eigenvalue weighted by molar-refractivity contribution is 0.593. The van der Waals surface area contributed by atoms with E-state index in [1.807, 2.05) is 6.08 Å². The lowest BCUT2D eigenvalue weighted by Gasteiger charge is -2.27. The predicted octanol–water partition coefficient (Wildman–Crippen LogP) is 5.61. The minimum atomic E-state index is -0.230. The Hall–Kier alpha value is -1.81. The van der Waals surface area contributed by atoms with Crippen molar-refractivity contribution in [2.24, 2.45) is 15.9 Å². The van der Waals surface area contributed by atoms with Gasteiger partial charge in [0.1, 0.15) is 12.0 Å². The molecule has 2 aliphatic rings. The number of dihydropyridines is 2. The summed E-state index contributed by atoms with van der Waals surface area (Å²) in [7, 11) is 0. The van der Waals surface area contributed by atoms with Crippen LogP contribution in [0.3, 0.4) is 0 Å². The van der Waals surface area contributed by atoms with E-state index in [1.165, 1.54) is 17.7 Å². The van der Waals surface area contributed by atoms with E-state index < -0.39 is 0 Å². The van der Waals surface area contributed by atoms with Gasteiger partial charge in [-0.2, -0.15) is 0 Å². The molecule has 0 aliphatic carbocycles. The van der Waals surface area contributed by atoms with Crippen LogP contribution in [0.1, 0.15) is 31.2 Å². The van der Waals surface area contributed by atoms with Crippen LogP contribution in [0.15, 0.2) is 69.1 Å². The van der Waals surface area contributed by atoms with E-state index in [1.54, 1.807) is 18.3 Å². The number of fused-ring (bicyclic) bond motifs is 1. The van der Waals surface area contributed by atoms with E-state index in [2.05, 4.69) is 39.7 Å². The molecule has 0 aromatic heterocycles. The summed E-state index contributed by atoms with van der Waals surface area (Å²) < 4.78 is 14.2. The van der Waals surface area contributed by atoms with Crippen LogP contribution < -0.4 is 0 Å². The molecule has 24 heavy (non-hydrogen) atoms. The van der Waals surface area contributed by atoms with Crippen molar-refractivity contribution in [2.75, 3.05) is 0 Å². The van der Waals surface area contributed by atoms with Gasteiger partial charge in [0.2, 0.25) is 0 Å². The molecule has 2 heterocycles. The Morgan fingerprint density at radius 1 is 1.17 bits per heavy atom. The van der Waals surface area contributed by atoms with Crippen LogP contribution in [0.2, 0.25) is 0 Å². The Balaban J connectivity index is 1.87. The number of hydrogen-bond donors (Lipinski definition) is 0. The number of aliphatic imine (C=N–C) groups is 2. The van der Waals surface area contributed by atoms with Crippen LogP contribution in [0, 0.1) is 11.7 Å². The van der Waals surface area contributed by atoms with Crippen molar-refractivity contribution in [3.8, 4) is 0 Å². The zero-order chi connectivity index (χ0) is 16.9. The molecule has 4 heteroatoms. The lowest BCUT2D eigenvalue weighted by Crippen LogP contribution is -2.25. The zero-order valence-electron chi connectivity index (χ0n) is 13.5. The Kier molecular flexibility index (Phi) is 5.56. The summed E-state index contributed by atoms with van der Waals surface area (Å²) in [6, 6.07) is 6.56. The monoisotopic (exact) mass is 386 g/mol. The molecule has 1 aromatic rings. The molecule has 0 saturated heterocycles. The highest BCUT2D eigenvalue weighted by Crippen LogP contribution is 2.31. The second kappa shape index (κ2) is 7.84. The SMILES string of the molecule is C=CCCCCC1=CC2C=C(Br)C=NC2N=C1c1ccc(F)cc1. The Bertz CT molecular complexity index is 729. The van der Waals surface area contributed by atoms with E-state index in [9.17, 15) is 4.39 Å². The number of hydrogen-bond acceptors (Lipinski definition) is 2. The van der Waals surface area contributed by atoms with Gasteiger partial charge in [0.15, 0.2) is 0 Å². The van der Waals surface area contributed by atoms with E-state index in [0.29, 0.717) is 0 Å². The highest BCUT2D eigenvalue weighted by molar-refractivity contribution is 9.12. The number of benzene rings is 1. The summed E-state index contributed by atoms with van der Waals surface area (Å²) in [6.07, 6.45) is 12.2. The third-order valence-corrected chi connectivity index (χ3v) is 4.70. The van der Waals surface area contributed by atoms with Gasteiger partial charge in [-0.1, -0.05) is 18.2 Å². The van der Waals surface area contributed by atoms with Crippen molar-refractivity contribution in [3.63, 3.8) is 0 Å². The van der Waals surface area contributed by atoms with Crippen molar-refractivity contribution in [2.45, 2.75) is 31.8 Å². The molecule has 2 aliphatic heterocycles. The summed E-state index contributed by atoms with van der Waals surface area (Å²) in [5.74, 6) is -0.0462. The zero-order valence-corrected chi connectivity index (χ0v) is 15.0. The first-order chi connectivity index (χ1) is 11.7. The summed E-state index contributed by atoms with van der Waals surface area (Å²) in [6.45, 7) is 3.78. The second-order valence-corrected chi connectivity index (χ2v) is 6.95. The molecule has 0 N–H and O–H groups in total. The number of nitrogens with zero attached hydrogens (tertiary/aromatic N) is 2. The van der Waals surface area contributed by atoms with Crippen molar-refractivity contribution in [3.05, 3.63) is 70.5 Å². The van der Waals surface area contributed by atoms with E-state index in [4.69, 9.17) is 4.99 Å². The summed E-state index contributed by atoms with van der Waals surface area (Å²) in [4.78, 5) is 9.37. The first kappa shape index (κ1) is 17.0. The summed E-state index contributed by atoms with van der Waals surface area (Å²) in [5, 5.41) is 0. The smallest absolute Gasteiger partial charge is 0.150 e. The van der Waals surface area contributed by atoms with Gasteiger partial charge in [-0.25, -0.2) is 4.39 Å². The van der Waals surface area contributed by atoms with Gasteiger partial charge in [-0.15, -0.1) is 6.58 Å². The molecule has 0 amide bonds. The highest BCUT2D eigenvalue weighted by Gasteiger charge is 2.26. The number of halogens is 2. The molecular weight excluding hydrogens is 367 g/mol. The largest absolute Gasteiger partial charge is 0.264 e. The van der Waals surface area contributed by atoms with E-state index in [-0.39, 0.29) is 17.9 Å². The maximum absolute atomic E-state index is 13.2. The molecule has 0 spiro atoms. The standard InChI is InChI=1S/C20H20BrFN2/c1-2-3-4-5-6-15-11-16-12-17(21)13-23-20(16)24-19(15)14-7-9-18(22)10-8-14/h2,7-13,16,20H,1,3-6H2. The molecule has 2 nitrogen and oxygen atoms in total. The molecule has 2 atom stereocenters. The maximum atomic E-state index is 13.2. The van der Waals surface area contributed by atoms with E-state index in [0.717, 1.165) is 41.4 Å². The summed E-state index contributed by atoms with van der Waals surface area (Å²) in [5.41, 5.74) is 3.12. The Labute approximate surface area is 150 Å². The Morgan fingerprint density at radius 2 is 1.96 bits per heavy atom. The van der Waals surface area contributed by atoms with Crippen LogP contribution in [0.4, 0.5) is 4.39 Å². The van der Waals surface area contributed by atoms with Crippen molar-refractivity contribution >= 4 is 27.9 Å². The van der Waals surface area contributed by atoms with Gasteiger partial charge in [0.25, 0.3) is 0 Å². The molecule has 0 radical (unpaired) electrons. The topological polar surface area (TPSA) is 24.7 Å². The van der Waals surface area contributed by atoms with Crippen LogP contribution in [-0.4, -0.2) is 18.1 Å². The normalized spacial score (nSPS) is 22.3. The Morgan fingerprint density at radius 3 is 2.71 bits per heavy atom. The van der Waals surface area contributed by atoms with Crippen LogP contribution in [0.5, 0.6) is 0 Å². The van der Waals surface area contributed by atoms with Crippen LogP contribution in [0.25, 0.3) is 0 Å². The first-order valence-electron chi connectivity index (χ1n) is 8.23. The molecule has 124 valence electrons. The molecular formula is C20H20BrFN2. The first-order valence-corrected chi connectivity index (χ1v) is 9.03. The van der Waals surface area contributed by atoms with Gasteiger partial charge >= 0.3 is 0 Å². The second-order valence-electron chi connectivity index (χ2n) is 6.03. The molecule has 0 fully saturated rings. The van der Waals surface area contributed by atoms with Crippen molar-refractivity contribution in [1.82, 2.24) is 0 Å². The van der Waals surface area contributed by atoms with Gasteiger partial charge in [0.05, 0.1) is 5.71 Å². The number of rotatable bonds is 6. The minimum absolute atomic E-state index is 0.122. The number of unbranched alkanes of at least 4 members (excludes halogenated alkanes) is 2. The van der Waals surface area contributed by atoms with Crippen LogP contribution in [-0.2, 0) is 0 Å². The third-order valence-electron chi connectivity index (χ3n) is 4.23. The van der Waals surface area contributed by atoms with Gasteiger partial charge in [-0.05, 0) is 71.5 Å². The van der Waals surface area contributed by atoms with Gasteiger partial charge in [-0.3, -0.25) is 9.98 Å². The lowest BCUT2D eigenvalue weighted by atomic mass is 9.89. The third kappa shape index (κ3) is 3.99. The maximum Gasteiger partial charge on any atom is 0.150 e. The average Bonchev–Trinajstić information content (AvgIpc) is 2.59. The van der Waals surface area contributed by atoms with E-state index >= 15 is 0 Å². The van der Waals surface area contributed by atoms with Crippen molar-refractivity contribution < 1.29 is 4.39 Å². The predicted molar refractivity (Wildman–Crippen MR) is 102 cm³/mol. The van der Waals surface area contributed by atoms with Gasteiger partial charge < -0.3 is 0 Å². The average molecular weight is 387 g/mol. The summed E-state index contributed by atoms with van der Waals surface area (Å²) >= 11 is 3.49. The molecule has 0 saturated carbocycles. The quantitative estimate of drug-likeness (QED) is 0.448. The fourth-order valence-corrected chi connectivity index (χ4v) is 3.44. The van der Waals surface area contributed by atoms with Gasteiger partial charge in [0, 0.05) is 22.2 Å². The highest BCUT2D eigenvalue weighted by atomic mass is 79.9.